The lowest BCUT2D eigenvalue weighted by Crippen LogP contribution is -2.11. The molecule has 3 aromatic rings. The molecule has 4 rings (SSSR count). The van der Waals surface area contributed by atoms with Crippen LogP contribution in [0.2, 0.25) is 5.02 Å². The van der Waals surface area contributed by atoms with Crippen LogP contribution in [0.4, 0.5) is 0 Å². The van der Waals surface area contributed by atoms with Crippen molar-refractivity contribution in [2.75, 3.05) is 0 Å². The fraction of sp³-hybridized carbons (Fsp3) is 0.211. The van der Waals surface area contributed by atoms with Gasteiger partial charge in [-0.2, -0.15) is 5.10 Å². The van der Waals surface area contributed by atoms with Crippen LogP contribution in [0.25, 0.3) is 22.3 Å². The molecule has 0 fully saturated rings. The maximum atomic E-state index is 12.5. The molecular weight excluding hydrogens is 371 g/mol. The van der Waals surface area contributed by atoms with Crippen LogP contribution in [0.1, 0.15) is 24.9 Å². The van der Waals surface area contributed by atoms with Gasteiger partial charge < -0.3 is 4.98 Å². The number of nitrogens with one attached hydrogen (secondary N) is 1. The maximum absolute atomic E-state index is 12.5. The summed E-state index contributed by atoms with van der Waals surface area (Å²) in [6, 6.07) is 7.39. The monoisotopic (exact) mass is 386 g/mol. The number of halogens is 2. The Morgan fingerprint density at radius 3 is 2.81 bits per heavy atom. The van der Waals surface area contributed by atoms with Crippen LogP contribution in [-0.4, -0.2) is 25.1 Å². The molecule has 2 aromatic heterocycles. The number of H-pyrrole nitrogens is 1. The number of allylic oxidation sites excluding steroid dienone is 4. The SMILES string of the molecule is CCc1nc2c(C3=CCC(Cl)C=C3)n(-c3ccccc3Cl)nc2c(=O)[nH]1. The molecule has 26 heavy (non-hydrogen) atoms. The molecule has 0 aliphatic heterocycles. The van der Waals surface area contributed by atoms with Gasteiger partial charge in [-0.1, -0.05) is 48.9 Å². The van der Waals surface area contributed by atoms with Crippen molar-refractivity contribution >= 4 is 39.8 Å². The number of aromatic amines is 1. The highest BCUT2D eigenvalue weighted by Crippen LogP contribution is 2.31. The van der Waals surface area contributed by atoms with E-state index < -0.39 is 0 Å². The molecule has 1 unspecified atom stereocenters. The molecule has 0 bridgehead atoms. The predicted octanol–water partition coefficient (Wildman–Crippen LogP) is 4.28. The van der Waals surface area contributed by atoms with Gasteiger partial charge in [0.2, 0.25) is 0 Å². The number of rotatable bonds is 3. The highest BCUT2D eigenvalue weighted by Gasteiger charge is 2.22. The largest absolute Gasteiger partial charge is 0.309 e. The molecule has 0 spiro atoms. The van der Waals surface area contributed by atoms with Crippen LogP contribution in [0.5, 0.6) is 0 Å². The minimum Gasteiger partial charge on any atom is -0.309 e. The van der Waals surface area contributed by atoms with Gasteiger partial charge in [-0.05, 0) is 24.1 Å². The predicted molar refractivity (Wildman–Crippen MR) is 105 cm³/mol. The van der Waals surface area contributed by atoms with Crippen molar-refractivity contribution in [2.45, 2.75) is 25.1 Å². The lowest BCUT2D eigenvalue weighted by atomic mass is 10.0. The van der Waals surface area contributed by atoms with E-state index in [0.717, 1.165) is 11.3 Å². The lowest BCUT2D eigenvalue weighted by Gasteiger charge is -2.13. The molecule has 132 valence electrons. The quantitative estimate of drug-likeness (QED) is 0.683. The van der Waals surface area contributed by atoms with E-state index in [1.54, 1.807) is 10.7 Å². The molecule has 0 saturated carbocycles. The first-order chi connectivity index (χ1) is 12.6. The lowest BCUT2D eigenvalue weighted by molar-refractivity contribution is 0.877. The first-order valence-corrected chi connectivity index (χ1v) is 9.19. The van der Waals surface area contributed by atoms with Gasteiger partial charge in [-0.15, -0.1) is 11.6 Å². The third-order valence-electron chi connectivity index (χ3n) is 4.32. The Morgan fingerprint density at radius 1 is 1.31 bits per heavy atom. The van der Waals surface area contributed by atoms with Gasteiger partial charge in [0.25, 0.3) is 5.56 Å². The molecule has 5 nitrogen and oxygen atoms in total. The Labute approximate surface area is 160 Å². The zero-order valence-corrected chi connectivity index (χ0v) is 15.6. The van der Waals surface area contributed by atoms with Crippen LogP contribution in [0, 0.1) is 0 Å². The van der Waals surface area contributed by atoms with Crippen LogP contribution >= 0.6 is 23.2 Å². The summed E-state index contributed by atoms with van der Waals surface area (Å²) in [6.45, 7) is 1.94. The zero-order valence-electron chi connectivity index (χ0n) is 14.0. The van der Waals surface area contributed by atoms with Crippen LogP contribution < -0.4 is 5.56 Å². The van der Waals surface area contributed by atoms with Crippen LogP contribution in [0.3, 0.4) is 0 Å². The Kier molecular flexibility index (Phi) is 4.42. The Hall–Kier alpha value is -2.37. The summed E-state index contributed by atoms with van der Waals surface area (Å²) in [5, 5.41) is 5.04. The second kappa shape index (κ2) is 6.74. The van der Waals surface area contributed by atoms with Crippen molar-refractivity contribution in [1.82, 2.24) is 19.7 Å². The number of aryl methyl sites for hydroxylation is 1. The van der Waals surface area contributed by atoms with Gasteiger partial charge in [-0.25, -0.2) is 9.67 Å². The van der Waals surface area contributed by atoms with Crippen molar-refractivity contribution in [2.24, 2.45) is 0 Å². The smallest absolute Gasteiger partial charge is 0.279 e. The second-order valence-electron chi connectivity index (χ2n) is 6.05. The van der Waals surface area contributed by atoms with Gasteiger partial charge in [0.05, 0.1) is 16.1 Å². The molecule has 1 N–H and O–H groups in total. The number of fused-ring (bicyclic) bond motifs is 1. The van der Waals surface area contributed by atoms with E-state index >= 15 is 0 Å². The minimum absolute atomic E-state index is 0.0377. The van der Waals surface area contributed by atoms with Gasteiger partial charge in [0, 0.05) is 6.42 Å². The molecule has 1 aliphatic rings. The number of hydrogen-bond donors (Lipinski definition) is 1. The average Bonchev–Trinajstić information content (AvgIpc) is 3.02. The minimum atomic E-state index is -0.255. The highest BCUT2D eigenvalue weighted by molar-refractivity contribution is 6.32. The maximum Gasteiger partial charge on any atom is 0.279 e. The Morgan fingerprint density at radius 2 is 2.12 bits per heavy atom. The van der Waals surface area contributed by atoms with Gasteiger partial charge >= 0.3 is 0 Å². The first kappa shape index (κ1) is 17.1. The van der Waals surface area contributed by atoms with E-state index in [1.807, 2.05) is 43.4 Å². The molecule has 1 aliphatic carbocycles. The number of nitrogens with zero attached hydrogens (tertiary/aromatic N) is 3. The topological polar surface area (TPSA) is 63.6 Å². The fourth-order valence-electron chi connectivity index (χ4n) is 3.02. The average molecular weight is 387 g/mol. The van der Waals surface area contributed by atoms with Crippen LogP contribution in [-0.2, 0) is 6.42 Å². The van der Waals surface area contributed by atoms with Crippen molar-refractivity contribution in [1.29, 1.82) is 0 Å². The Balaban J connectivity index is 2.07. The van der Waals surface area contributed by atoms with Crippen molar-refractivity contribution in [3.63, 3.8) is 0 Å². The summed E-state index contributed by atoms with van der Waals surface area (Å²) in [6.07, 6.45) is 7.24. The third-order valence-corrected chi connectivity index (χ3v) is 4.96. The van der Waals surface area contributed by atoms with E-state index in [-0.39, 0.29) is 10.9 Å². The summed E-state index contributed by atoms with van der Waals surface area (Å²) in [5.41, 5.74) is 2.96. The van der Waals surface area contributed by atoms with E-state index in [0.29, 0.717) is 40.4 Å². The summed E-state index contributed by atoms with van der Waals surface area (Å²) in [5.74, 6) is 0.623. The van der Waals surface area contributed by atoms with E-state index in [4.69, 9.17) is 23.2 Å². The number of para-hydroxylation sites is 1. The molecule has 1 aromatic carbocycles. The summed E-state index contributed by atoms with van der Waals surface area (Å²) >= 11 is 12.6. The molecule has 7 heteroatoms. The highest BCUT2D eigenvalue weighted by atomic mass is 35.5. The summed E-state index contributed by atoms with van der Waals surface area (Å²) in [7, 11) is 0. The normalized spacial score (nSPS) is 16.9. The van der Waals surface area contributed by atoms with Crippen molar-refractivity contribution < 1.29 is 0 Å². The third kappa shape index (κ3) is 2.87. The molecule has 0 amide bonds. The fourth-order valence-corrected chi connectivity index (χ4v) is 3.39. The zero-order chi connectivity index (χ0) is 18.3. The molecule has 0 radical (unpaired) electrons. The van der Waals surface area contributed by atoms with Crippen molar-refractivity contribution in [3.8, 4) is 5.69 Å². The van der Waals surface area contributed by atoms with Crippen molar-refractivity contribution in [3.05, 3.63) is 69.4 Å². The number of aromatic nitrogens is 4. The number of hydrogen-bond acceptors (Lipinski definition) is 3. The Bertz CT molecular complexity index is 1110. The molecular formula is C19H16Cl2N4O. The second-order valence-corrected chi connectivity index (χ2v) is 7.01. The van der Waals surface area contributed by atoms with E-state index in [1.165, 1.54) is 0 Å². The number of alkyl halides is 1. The summed E-state index contributed by atoms with van der Waals surface area (Å²) in [4.78, 5) is 19.9. The van der Waals surface area contributed by atoms with Crippen LogP contribution in [0.15, 0.2) is 47.3 Å². The molecule has 1 atom stereocenters. The summed E-state index contributed by atoms with van der Waals surface area (Å²) < 4.78 is 1.69. The van der Waals surface area contributed by atoms with E-state index in [9.17, 15) is 4.79 Å². The van der Waals surface area contributed by atoms with Gasteiger partial charge in [0.1, 0.15) is 17.0 Å². The molecule has 0 saturated heterocycles. The van der Waals surface area contributed by atoms with Gasteiger partial charge in [-0.3, -0.25) is 4.79 Å². The van der Waals surface area contributed by atoms with Gasteiger partial charge in [0.15, 0.2) is 5.52 Å². The molecule has 2 heterocycles. The van der Waals surface area contributed by atoms with E-state index in [2.05, 4.69) is 15.1 Å². The number of benzene rings is 1. The first-order valence-electron chi connectivity index (χ1n) is 8.38. The standard InChI is InChI=1S/C19H16Cl2N4O/c1-2-15-22-16-17(19(26)23-15)24-25(14-6-4-3-5-13(14)21)18(16)11-7-9-12(20)10-8-11/h3-9,12H,2,10H2,1H3,(H,22,23,26).